The van der Waals surface area contributed by atoms with Gasteiger partial charge in [0.15, 0.2) is 17.5 Å². The minimum atomic E-state index is -4.64. The lowest BCUT2D eigenvalue weighted by Gasteiger charge is -2.29. The number of aromatic nitrogens is 3. The van der Waals surface area contributed by atoms with Crippen LogP contribution in [0.2, 0.25) is 0 Å². The van der Waals surface area contributed by atoms with Crippen molar-refractivity contribution in [3.05, 3.63) is 46.8 Å². The molecule has 4 N–H and O–H groups in total. The van der Waals surface area contributed by atoms with Crippen LogP contribution in [-0.2, 0) is 35.3 Å². The molecule has 2 aromatic rings. The van der Waals surface area contributed by atoms with E-state index in [-0.39, 0.29) is 43.9 Å². The van der Waals surface area contributed by atoms with Crippen molar-refractivity contribution < 1.29 is 46.1 Å². The van der Waals surface area contributed by atoms with Gasteiger partial charge in [0.25, 0.3) is 0 Å². The molecule has 0 spiro atoms. The predicted octanol–water partition coefficient (Wildman–Crippen LogP) is 1.47. The van der Waals surface area contributed by atoms with E-state index in [1.807, 2.05) is 0 Å². The topological polar surface area (TPSA) is 135 Å². The van der Waals surface area contributed by atoms with E-state index in [9.17, 15) is 35.9 Å². The summed E-state index contributed by atoms with van der Waals surface area (Å²) in [6.45, 7) is 0.895. The molecule has 0 saturated heterocycles. The van der Waals surface area contributed by atoms with E-state index in [1.165, 1.54) is 11.8 Å². The summed E-state index contributed by atoms with van der Waals surface area (Å²) >= 11 is 0. The van der Waals surface area contributed by atoms with E-state index in [1.54, 1.807) is 0 Å². The van der Waals surface area contributed by atoms with Crippen molar-refractivity contribution in [3.8, 4) is 0 Å². The molecular formula is C19H21F6N5O4. The van der Waals surface area contributed by atoms with E-state index in [0.29, 0.717) is 12.1 Å². The molecule has 1 aromatic carbocycles. The van der Waals surface area contributed by atoms with Crippen LogP contribution >= 0.6 is 0 Å². The van der Waals surface area contributed by atoms with Crippen LogP contribution < -0.4 is 5.73 Å². The fraction of sp³-hybridized carbons (Fsp3) is 0.474. The van der Waals surface area contributed by atoms with Crippen LogP contribution in [0, 0.1) is 17.5 Å². The highest BCUT2D eigenvalue weighted by Crippen LogP contribution is 2.29. The second-order valence-electron chi connectivity index (χ2n) is 7.44. The number of nitrogens with two attached hydrogens (primary N) is 1. The van der Waals surface area contributed by atoms with Crippen molar-refractivity contribution in [1.82, 2.24) is 19.7 Å². The molecule has 2 heterocycles. The monoisotopic (exact) mass is 497 g/mol. The Balaban J connectivity index is 0.000000604. The quantitative estimate of drug-likeness (QED) is 0.421. The van der Waals surface area contributed by atoms with Crippen LogP contribution in [0.25, 0.3) is 0 Å². The lowest BCUT2D eigenvalue weighted by molar-refractivity contribution is -0.148. The van der Waals surface area contributed by atoms with Gasteiger partial charge in [-0.1, -0.05) is 0 Å². The minimum absolute atomic E-state index is 0.000783. The third-order valence-electron chi connectivity index (χ3n) is 4.73. The summed E-state index contributed by atoms with van der Waals surface area (Å²) in [6.07, 6.45) is -6.34. The molecule has 34 heavy (non-hydrogen) atoms. The maximum atomic E-state index is 13.7. The largest absolute Gasteiger partial charge is 0.479 e. The Morgan fingerprint density at radius 2 is 1.71 bits per heavy atom. The first-order chi connectivity index (χ1) is 15.7. The second kappa shape index (κ2) is 10.8. The Labute approximate surface area is 188 Å². The first kappa shape index (κ1) is 27.0. The molecule has 0 fully saturated rings. The zero-order valence-electron chi connectivity index (χ0n) is 17.7. The first-order valence-corrected chi connectivity index (χ1v) is 9.77. The van der Waals surface area contributed by atoms with Crippen LogP contribution in [0.15, 0.2) is 12.1 Å². The highest BCUT2D eigenvalue weighted by molar-refractivity contribution is 5.77. The van der Waals surface area contributed by atoms with E-state index >= 15 is 0 Å². The normalized spacial score (nSPS) is 15.1. The number of rotatable bonds is 5. The number of alkyl halides is 3. The molecule has 0 unspecified atom stereocenters. The van der Waals surface area contributed by atoms with E-state index in [2.05, 4.69) is 10.2 Å². The summed E-state index contributed by atoms with van der Waals surface area (Å²) in [7, 11) is 0. The molecule has 0 radical (unpaired) electrons. The molecule has 1 aliphatic heterocycles. The van der Waals surface area contributed by atoms with Crippen molar-refractivity contribution in [2.75, 3.05) is 6.54 Å². The van der Waals surface area contributed by atoms with Gasteiger partial charge in [0.2, 0.25) is 11.7 Å². The summed E-state index contributed by atoms with van der Waals surface area (Å²) in [5, 5.41) is 22.4. The Morgan fingerprint density at radius 3 is 2.26 bits per heavy atom. The van der Waals surface area contributed by atoms with Crippen LogP contribution in [0.5, 0.6) is 0 Å². The number of carbonyl (C=O) groups is 2. The summed E-state index contributed by atoms with van der Waals surface area (Å²) in [5.74, 6) is -6.33. The number of amides is 1. The maximum absolute atomic E-state index is 13.7. The fourth-order valence-electron chi connectivity index (χ4n) is 3.01. The third kappa shape index (κ3) is 6.90. The number of benzene rings is 1. The molecule has 0 saturated carbocycles. The van der Waals surface area contributed by atoms with Crippen molar-refractivity contribution in [1.29, 1.82) is 0 Å². The van der Waals surface area contributed by atoms with Crippen LogP contribution in [-0.4, -0.2) is 60.4 Å². The smallest absolute Gasteiger partial charge is 0.451 e. The molecule has 1 aliphatic rings. The molecule has 188 valence electrons. The summed E-state index contributed by atoms with van der Waals surface area (Å²) in [5.41, 5.74) is 5.64. The Bertz CT molecular complexity index is 1040. The number of aliphatic hydroxyl groups excluding tert-OH is 1. The van der Waals surface area contributed by atoms with Gasteiger partial charge in [0.1, 0.15) is 11.9 Å². The number of carboxylic acid groups (broad SMARTS) is 1. The maximum Gasteiger partial charge on any atom is 0.451 e. The number of carboxylic acids is 1. The van der Waals surface area contributed by atoms with Gasteiger partial charge in [0.05, 0.1) is 6.54 Å². The van der Waals surface area contributed by atoms with E-state index in [4.69, 9.17) is 15.9 Å². The van der Waals surface area contributed by atoms with E-state index in [0.717, 1.165) is 4.57 Å². The molecule has 1 aromatic heterocycles. The molecular weight excluding hydrogens is 476 g/mol. The Kier molecular flexibility index (Phi) is 8.61. The van der Waals surface area contributed by atoms with Gasteiger partial charge in [-0.05, 0) is 25.0 Å². The number of carbonyl (C=O) groups excluding carboxylic acids is 1. The van der Waals surface area contributed by atoms with Gasteiger partial charge in [0, 0.05) is 31.6 Å². The average Bonchev–Trinajstić information content (AvgIpc) is 3.16. The highest BCUT2D eigenvalue weighted by atomic mass is 19.4. The SMILES string of the molecule is C[C@H](O)C(=O)O.N[C@@H](CC(=O)N1CCn2c(nnc2C(F)(F)F)C1)Cc1cc(F)c(F)cc1F. The van der Waals surface area contributed by atoms with Gasteiger partial charge >= 0.3 is 12.1 Å². The van der Waals surface area contributed by atoms with Gasteiger partial charge in [-0.2, -0.15) is 13.2 Å². The lowest BCUT2D eigenvalue weighted by atomic mass is 10.0. The van der Waals surface area contributed by atoms with Crippen molar-refractivity contribution in [2.24, 2.45) is 5.73 Å². The van der Waals surface area contributed by atoms with Crippen LogP contribution in [0.1, 0.15) is 30.6 Å². The number of hydrogen-bond donors (Lipinski definition) is 3. The highest BCUT2D eigenvalue weighted by Gasteiger charge is 2.40. The van der Waals surface area contributed by atoms with Gasteiger partial charge in [-0.25, -0.2) is 18.0 Å². The zero-order valence-corrected chi connectivity index (χ0v) is 17.7. The van der Waals surface area contributed by atoms with Crippen LogP contribution in [0.4, 0.5) is 26.3 Å². The number of aliphatic carboxylic acids is 1. The fourth-order valence-corrected chi connectivity index (χ4v) is 3.01. The summed E-state index contributed by atoms with van der Waals surface area (Å²) in [4.78, 5) is 23.1. The second-order valence-corrected chi connectivity index (χ2v) is 7.44. The Morgan fingerprint density at radius 1 is 1.12 bits per heavy atom. The molecule has 0 bridgehead atoms. The van der Waals surface area contributed by atoms with Crippen molar-refractivity contribution in [3.63, 3.8) is 0 Å². The molecule has 9 nitrogen and oxygen atoms in total. The standard InChI is InChI=1S/C16H15F6N5O.C3H6O3/c17-10-6-12(19)11(18)4-8(10)3-9(23)5-14(28)26-1-2-27-13(7-26)24-25-15(27)16(20,21)22;1-2(4)3(5)6/h4,6,9H,1-3,5,7,23H2;2,4H,1H3,(H,5,6)/t9-;2-/m10/s1. The number of aliphatic hydroxyl groups is 1. The zero-order chi connectivity index (χ0) is 25.8. The molecule has 3 rings (SSSR count). The molecule has 2 atom stereocenters. The molecule has 0 aliphatic carbocycles. The van der Waals surface area contributed by atoms with Crippen molar-refractivity contribution >= 4 is 11.9 Å². The summed E-state index contributed by atoms with van der Waals surface area (Å²) in [6, 6.07) is 0.184. The third-order valence-corrected chi connectivity index (χ3v) is 4.73. The first-order valence-electron chi connectivity index (χ1n) is 9.77. The number of nitrogens with zero attached hydrogens (tertiary/aromatic N) is 4. The minimum Gasteiger partial charge on any atom is -0.479 e. The molecule has 1 amide bonds. The number of fused-ring (bicyclic) bond motifs is 1. The summed E-state index contributed by atoms with van der Waals surface area (Å²) < 4.78 is 79.3. The average molecular weight is 497 g/mol. The number of hydrogen-bond acceptors (Lipinski definition) is 6. The van der Waals surface area contributed by atoms with Gasteiger partial charge in [-0.15, -0.1) is 10.2 Å². The van der Waals surface area contributed by atoms with Crippen LogP contribution in [0.3, 0.4) is 0 Å². The Hall–Kier alpha value is -3.20. The van der Waals surface area contributed by atoms with Crippen molar-refractivity contribution in [2.45, 2.75) is 51.2 Å². The van der Waals surface area contributed by atoms with Gasteiger partial charge < -0.3 is 25.4 Å². The lowest BCUT2D eigenvalue weighted by Crippen LogP contribution is -2.42. The van der Waals surface area contributed by atoms with Gasteiger partial charge in [-0.3, -0.25) is 4.79 Å². The molecule has 15 heteroatoms. The number of halogens is 6. The van der Waals surface area contributed by atoms with E-state index < -0.39 is 53.5 Å². The predicted molar refractivity (Wildman–Crippen MR) is 102 cm³/mol.